The van der Waals surface area contributed by atoms with Gasteiger partial charge in [-0.25, -0.2) is 0 Å². The van der Waals surface area contributed by atoms with Gasteiger partial charge in [-0.05, 0) is 0 Å². The van der Waals surface area contributed by atoms with Gasteiger partial charge in [0, 0.05) is 7.05 Å². The van der Waals surface area contributed by atoms with Crippen LogP contribution in [0.4, 0.5) is 0 Å². The molecular formula is CH8N6. The highest BCUT2D eigenvalue weighted by Crippen LogP contribution is 1.56. The van der Waals surface area contributed by atoms with Crippen molar-refractivity contribution in [3.8, 4) is 0 Å². The van der Waals surface area contributed by atoms with E-state index in [9.17, 15) is 0 Å². The summed E-state index contributed by atoms with van der Waals surface area (Å²) in [6.45, 7) is 0. The van der Waals surface area contributed by atoms with Gasteiger partial charge in [-0.2, -0.15) is 32.8 Å². The molecule has 42 valence electrons. The molecule has 1 rings (SSSR count). The van der Waals surface area contributed by atoms with Crippen molar-refractivity contribution in [2.75, 3.05) is 7.05 Å². The third-order valence-corrected chi connectivity index (χ3v) is 0.572. The topological polar surface area (TPSA) is 63.4 Å². The zero-order valence-corrected chi connectivity index (χ0v) is 3.95. The highest BCUT2D eigenvalue weighted by atomic mass is 16.1. The Bertz CT molecular complexity index is 46.1. The predicted molar refractivity (Wildman–Crippen MR) is 23.4 cm³/mol. The molecule has 6 nitrogen and oxygen atoms in total. The summed E-state index contributed by atoms with van der Waals surface area (Å²) in [6.07, 6.45) is 0. The number of nitrogens with one attached hydrogen (secondary N) is 5. The molecule has 6 heteroatoms. The molecule has 5 N–H and O–H groups in total. The molecule has 1 heterocycles. The van der Waals surface area contributed by atoms with Gasteiger partial charge in [0.15, 0.2) is 0 Å². The van der Waals surface area contributed by atoms with E-state index in [2.05, 4.69) is 27.7 Å². The van der Waals surface area contributed by atoms with E-state index in [1.807, 2.05) is 0 Å². The molecule has 1 saturated heterocycles. The van der Waals surface area contributed by atoms with Crippen molar-refractivity contribution >= 4 is 0 Å². The van der Waals surface area contributed by atoms with Crippen molar-refractivity contribution in [2.24, 2.45) is 0 Å². The SMILES string of the molecule is CN1NNNNN1. The van der Waals surface area contributed by atoms with Gasteiger partial charge in [-0.3, -0.25) is 0 Å². The van der Waals surface area contributed by atoms with Gasteiger partial charge in [0.05, 0.1) is 0 Å². The molecule has 0 unspecified atom stereocenters. The van der Waals surface area contributed by atoms with E-state index in [1.165, 1.54) is 0 Å². The molecule has 0 spiro atoms. The molecule has 0 amide bonds. The zero-order chi connectivity index (χ0) is 5.11. The molecule has 1 aliphatic heterocycles. The van der Waals surface area contributed by atoms with Crippen LogP contribution < -0.4 is 27.7 Å². The Morgan fingerprint density at radius 2 is 1.57 bits per heavy atom. The normalized spacial score (nSPS) is 25.3. The van der Waals surface area contributed by atoms with E-state index in [4.69, 9.17) is 0 Å². The Kier molecular flexibility index (Phi) is 1.52. The van der Waals surface area contributed by atoms with Crippen LogP contribution in [0.3, 0.4) is 0 Å². The van der Waals surface area contributed by atoms with E-state index < -0.39 is 0 Å². The summed E-state index contributed by atoms with van der Waals surface area (Å²) >= 11 is 0. The number of nitrogens with zero attached hydrogens (tertiary/aromatic N) is 1. The van der Waals surface area contributed by atoms with Crippen LogP contribution in [0.1, 0.15) is 0 Å². The molecule has 0 bridgehead atoms. The van der Waals surface area contributed by atoms with Crippen molar-refractivity contribution in [1.29, 1.82) is 0 Å². The fraction of sp³-hybridized carbons (Fsp3) is 1.00. The van der Waals surface area contributed by atoms with Crippen LogP contribution in [0, 0.1) is 0 Å². The van der Waals surface area contributed by atoms with Crippen LogP contribution in [0.15, 0.2) is 0 Å². The maximum absolute atomic E-state index is 2.68. The van der Waals surface area contributed by atoms with Crippen LogP contribution >= 0.6 is 0 Å². The summed E-state index contributed by atoms with van der Waals surface area (Å²) in [6, 6.07) is 0. The molecule has 0 saturated carbocycles. The molecule has 1 aliphatic rings. The largest absolute Gasteiger partial charge is 0.164 e. The van der Waals surface area contributed by atoms with Crippen molar-refractivity contribution in [2.45, 2.75) is 0 Å². The van der Waals surface area contributed by atoms with Crippen LogP contribution in [-0.2, 0) is 0 Å². The Morgan fingerprint density at radius 3 is 1.86 bits per heavy atom. The molecule has 0 aromatic rings. The molecule has 0 aromatic carbocycles. The Morgan fingerprint density at radius 1 is 1.00 bits per heavy atom. The summed E-state index contributed by atoms with van der Waals surface area (Å²) in [7, 11) is 1.81. The number of hydrogen-bond acceptors (Lipinski definition) is 6. The minimum atomic E-state index is 1.61. The molecule has 1 fully saturated rings. The van der Waals surface area contributed by atoms with Crippen molar-refractivity contribution in [1.82, 2.24) is 32.8 Å². The standard InChI is InChI=1S/CH8N6/c1-7-5-3-2-4-6-7/h2-6H,1H3. The summed E-state index contributed by atoms with van der Waals surface area (Å²) in [5.41, 5.74) is 13.1. The second-order valence-electron chi connectivity index (χ2n) is 1.16. The third kappa shape index (κ3) is 1.35. The van der Waals surface area contributed by atoms with E-state index in [-0.39, 0.29) is 0 Å². The summed E-state index contributed by atoms with van der Waals surface area (Å²) < 4.78 is 0. The average Bonchev–Trinajstić information content (AvgIpc) is 1.69. The van der Waals surface area contributed by atoms with Crippen molar-refractivity contribution < 1.29 is 0 Å². The van der Waals surface area contributed by atoms with Gasteiger partial charge < -0.3 is 0 Å². The first-order valence-electron chi connectivity index (χ1n) is 1.89. The molecular weight excluding hydrogens is 96.1 g/mol. The second-order valence-corrected chi connectivity index (χ2v) is 1.16. The maximum atomic E-state index is 2.68. The van der Waals surface area contributed by atoms with E-state index in [1.54, 1.807) is 12.2 Å². The lowest BCUT2D eigenvalue weighted by Crippen LogP contribution is -2.71. The highest BCUT2D eigenvalue weighted by molar-refractivity contribution is 4.24. The number of hydrogen-bond donors (Lipinski definition) is 5. The molecule has 0 aliphatic carbocycles. The minimum absolute atomic E-state index is 1.61. The molecule has 7 heavy (non-hydrogen) atoms. The summed E-state index contributed by atoms with van der Waals surface area (Å²) in [4.78, 5) is 0. The van der Waals surface area contributed by atoms with Crippen LogP contribution in [-0.4, -0.2) is 12.2 Å². The van der Waals surface area contributed by atoms with Gasteiger partial charge in [-0.15, -0.1) is 0 Å². The lowest BCUT2D eigenvalue weighted by molar-refractivity contribution is 0.00766. The van der Waals surface area contributed by atoms with Gasteiger partial charge in [-0.1, -0.05) is 0 Å². The highest BCUT2D eigenvalue weighted by Gasteiger charge is 1.96. The lowest BCUT2D eigenvalue weighted by atomic mass is 11.4. The first kappa shape index (κ1) is 4.91. The quantitative estimate of drug-likeness (QED) is 0.232. The fourth-order valence-corrected chi connectivity index (χ4v) is 0.283. The van der Waals surface area contributed by atoms with Crippen LogP contribution in [0.2, 0.25) is 0 Å². The maximum Gasteiger partial charge on any atom is 0.0202 e. The van der Waals surface area contributed by atoms with Gasteiger partial charge in [0.25, 0.3) is 0 Å². The van der Waals surface area contributed by atoms with Crippen LogP contribution in [0.5, 0.6) is 0 Å². The first-order valence-corrected chi connectivity index (χ1v) is 1.89. The van der Waals surface area contributed by atoms with Gasteiger partial charge >= 0.3 is 0 Å². The second kappa shape index (κ2) is 2.17. The monoisotopic (exact) mass is 104 g/mol. The van der Waals surface area contributed by atoms with E-state index in [0.717, 1.165) is 0 Å². The van der Waals surface area contributed by atoms with Crippen molar-refractivity contribution in [3.05, 3.63) is 0 Å². The Labute approximate surface area is 41.1 Å². The smallest absolute Gasteiger partial charge is 0.0202 e. The minimum Gasteiger partial charge on any atom is -0.164 e. The van der Waals surface area contributed by atoms with Gasteiger partial charge in [0.1, 0.15) is 0 Å². The lowest BCUT2D eigenvalue weighted by Gasteiger charge is -2.25. The average molecular weight is 104 g/mol. The molecule has 0 aromatic heterocycles. The van der Waals surface area contributed by atoms with Crippen molar-refractivity contribution in [3.63, 3.8) is 0 Å². The zero-order valence-electron chi connectivity index (χ0n) is 3.95. The Balaban J connectivity index is 2.12. The number of rotatable bonds is 0. The predicted octanol–water partition coefficient (Wildman–Crippen LogP) is -2.63. The fourth-order valence-electron chi connectivity index (χ4n) is 0.283. The molecule has 0 radical (unpaired) electrons. The van der Waals surface area contributed by atoms with E-state index in [0.29, 0.717) is 0 Å². The van der Waals surface area contributed by atoms with Gasteiger partial charge in [0.2, 0.25) is 0 Å². The molecule has 0 atom stereocenters. The Hall–Kier alpha value is -0.240. The third-order valence-electron chi connectivity index (χ3n) is 0.572. The first-order chi connectivity index (χ1) is 3.39. The van der Waals surface area contributed by atoms with Crippen LogP contribution in [0.25, 0.3) is 0 Å². The summed E-state index contributed by atoms with van der Waals surface area (Å²) in [5, 5.41) is 1.61. The van der Waals surface area contributed by atoms with E-state index >= 15 is 0 Å². The summed E-state index contributed by atoms with van der Waals surface area (Å²) in [5.74, 6) is 0. The number of hydrazine groups is 6.